The Balaban J connectivity index is 1.69. The number of aromatic hydroxyl groups is 1. The van der Waals surface area contributed by atoms with E-state index in [1.54, 1.807) is 30.9 Å². The van der Waals surface area contributed by atoms with E-state index in [0.29, 0.717) is 5.56 Å². The maximum atomic E-state index is 12.2. The highest BCUT2D eigenvalue weighted by Gasteiger charge is 2.64. The molecule has 0 saturated carbocycles. The number of carboxylic acids is 1. The maximum Gasteiger partial charge on any atom is 0.322 e. The van der Waals surface area contributed by atoms with Crippen molar-refractivity contribution in [3.63, 3.8) is 0 Å². The molecule has 0 aromatic heterocycles. The van der Waals surface area contributed by atoms with E-state index in [1.165, 1.54) is 23.9 Å². The van der Waals surface area contributed by atoms with E-state index < -0.39 is 28.3 Å². The van der Waals surface area contributed by atoms with Gasteiger partial charge in [-0.15, -0.1) is 11.8 Å². The van der Waals surface area contributed by atoms with Crippen molar-refractivity contribution in [3.8, 4) is 5.75 Å². The van der Waals surface area contributed by atoms with Gasteiger partial charge in [-0.3, -0.25) is 14.4 Å². The van der Waals surface area contributed by atoms with Gasteiger partial charge in [0.15, 0.2) is 5.78 Å². The van der Waals surface area contributed by atoms with Crippen LogP contribution in [0.1, 0.15) is 19.4 Å². The van der Waals surface area contributed by atoms with Crippen LogP contribution in [0.3, 0.4) is 0 Å². The van der Waals surface area contributed by atoms with E-state index in [2.05, 4.69) is 5.32 Å². The lowest BCUT2D eigenvalue weighted by Crippen LogP contribution is -2.71. The molecule has 1 aromatic rings. The van der Waals surface area contributed by atoms with E-state index in [9.17, 15) is 24.6 Å². The number of nitrogens with zero attached hydrogens (tertiary/aromatic N) is 1. The van der Waals surface area contributed by atoms with Gasteiger partial charge in [0.2, 0.25) is 5.91 Å². The van der Waals surface area contributed by atoms with Crippen molar-refractivity contribution in [1.82, 2.24) is 10.2 Å². The molecular weight excluding hydrogens is 332 g/mol. The van der Waals surface area contributed by atoms with Crippen LogP contribution < -0.4 is 5.32 Å². The van der Waals surface area contributed by atoms with Crippen molar-refractivity contribution in [3.05, 3.63) is 29.8 Å². The van der Waals surface area contributed by atoms with E-state index in [4.69, 9.17) is 0 Å². The summed E-state index contributed by atoms with van der Waals surface area (Å²) >= 11 is 1.32. The van der Waals surface area contributed by atoms with Crippen LogP contribution >= 0.6 is 11.8 Å². The molecule has 24 heavy (non-hydrogen) atoms. The number of benzene rings is 1. The minimum Gasteiger partial charge on any atom is -0.508 e. The number of hydrogen-bond acceptors (Lipinski definition) is 6. The Morgan fingerprint density at radius 1 is 1.29 bits per heavy atom. The van der Waals surface area contributed by atoms with Gasteiger partial charge in [-0.1, -0.05) is 12.1 Å². The molecule has 7 nitrogen and oxygen atoms in total. The van der Waals surface area contributed by atoms with Gasteiger partial charge in [0.1, 0.15) is 23.3 Å². The molecule has 1 aromatic carbocycles. The third-order valence-corrected chi connectivity index (χ3v) is 5.82. The van der Waals surface area contributed by atoms with Crippen molar-refractivity contribution in [2.75, 3.05) is 0 Å². The van der Waals surface area contributed by atoms with Crippen LogP contribution in [-0.2, 0) is 20.8 Å². The summed E-state index contributed by atoms with van der Waals surface area (Å²) in [5.74, 6) is -1.43. The van der Waals surface area contributed by atoms with Gasteiger partial charge >= 0.3 is 5.97 Å². The summed E-state index contributed by atoms with van der Waals surface area (Å²) in [6, 6.07) is 5.37. The second-order valence-electron chi connectivity index (χ2n) is 6.48. The van der Waals surface area contributed by atoms with E-state index >= 15 is 0 Å². The van der Waals surface area contributed by atoms with Crippen LogP contribution in [0.4, 0.5) is 0 Å². The molecule has 128 valence electrons. The van der Waals surface area contributed by atoms with Gasteiger partial charge in [-0.05, 0) is 31.5 Å². The SMILES string of the molecule is CC1(C)SC2C(=O)C(NC(=O)Cc3ccc(O)cc3)N2C1C(=O)O. The molecule has 3 rings (SSSR count). The molecule has 2 fully saturated rings. The molecule has 3 unspecified atom stereocenters. The monoisotopic (exact) mass is 350 g/mol. The number of hydrogen-bond donors (Lipinski definition) is 3. The second kappa shape index (κ2) is 5.78. The molecule has 0 radical (unpaired) electrons. The number of nitrogens with one attached hydrogen (secondary N) is 1. The average Bonchev–Trinajstić information content (AvgIpc) is 2.76. The minimum atomic E-state index is -1.000. The molecule has 2 aliphatic heterocycles. The number of phenols is 1. The Labute approximate surface area is 143 Å². The molecule has 1 amide bonds. The van der Waals surface area contributed by atoms with Gasteiger partial charge in [0, 0.05) is 4.75 Å². The molecule has 0 spiro atoms. The number of Topliss-reactive ketones (excluding diaryl/α,β-unsaturated/α-hetero) is 1. The Hall–Kier alpha value is -2.06. The number of carbonyl (C=O) groups excluding carboxylic acids is 2. The molecule has 2 saturated heterocycles. The summed E-state index contributed by atoms with van der Waals surface area (Å²) in [5, 5.41) is 20.8. The first kappa shape index (κ1) is 16.8. The quantitative estimate of drug-likeness (QED) is 0.728. The minimum absolute atomic E-state index is 0.0524. The number of aliphatic carboxylic acids is 1. The van der Waals surface area contributed by atoms with Crippen LogP contribution in [0, 0.1) is 0 Å². The average molecular weight is 350 g/mol. The Bertz CT molecular complexity index is 703. The largest absolute Gasteiger partial charge is 0.508 e. The first-order valence-corrected chi connectivity index (χ1v) is 8.38. The van der Waals surface area contributed by atoms with E-state index in [1.807, 2.05) is 0 Å². The van der Waals surface area contributed by atoms with Crippen LogP contribution in [0.25, 0.3) is 0 Å². The van der Waals surface area contributed by atoms with Gasteiger partial charge in [-0.25, -0.2) is 4.90 Å². The fraction of sp³-hybridized carbons (Fsp3) is 0.438. The lowest BCUT2D eigenvalue weighted by Gasteiger charge is -2.43. The summed E-state index contributed by atoms with van der Waals surface area (Å²) in [6.45, 7) is 3.58. The third kappa shape index (κ3) is 2.76. The topological polar surface area (TPSA) is 107 Å². The zero-order chi connectivity index (χ0) is 17.6. The predicted molar refractivity (Wildman–Crippen MR) is 87.5 cm³/mol. The Morgan fingerprint density at radius 2 is 1.92 bits per heavy atom. The molecule has 3 N–H and O–H groups in total. The van der Waals surface area contributed by atoms with Crippen molar-refractivity contribution in [1.29, 1.82) is 0 Å². The van der Waals surface area contributed by atoms with Crippen molar-refractivity contribution < 1.29 is 24.6 Å². The van der Waals surface area contributed by atoms with Gasteiger partial charge < -0.3 is 15.5 Å². The van der Waals surface area contributed by atoms with Gasteiger partial charge in [-0.2, -0.15) is 0 Å². The van der Waals surface area contributed by atoms with E-state index in [-0.39, 0.29) is 23.9 Å². The van der Waals surface area contributed by atoms with Crippen molar-refractivity contribution >= 4 is 29.4 Å². The molecule has 2 aliphatic rings. The first-order chi connectivity index (χ1) is 11.2. The zero-order valence-corrected chi connectivity index (χ0v) is 14.0. The molecule has 0 aliphatic carbocycles. The zero-order valence-electron chi connectivity index (χ0n) is 13.2. The standard InChI is InChI=1S/C16H18N2O5S/c1-16(2)12(15(22)23)18-13(11(21)14(18)24-16)17-10(20)7-8-3-5-9(19)6-4-8/h3-6,12-14,19H,7H2,1-2H3,(H,17,20)(H,22,23). The normalized spacial score (nSPS) is 28.1. The molecule has 2 heterocycles. The fourth-order valence-corrected chi connectivity index (χ4v) is 4.71. The summed E-state index contributed by atoms with van der Waals surface area (Å²) in [4.78, 5) is 37.5. The third-order valence-electron chi connectivity index (χ3n) is 4.29. The van der Waals surface area contributed by atoms with Crippen LogP contribution in [0.15, 0.2) is 24.3 Å². The van der Waals surface area contributed by atoms with Gasteiger partial charge in [0.05, 0.1) is 6.42 Å². The number of amides is 1. The molecule has 0 bridgehead atoms. The molecule has 3 atom stereocenters. The smallest absolute Gasteiger partial charge is 0.322 e. The Kier molecular flexibility index (Phi) is 4.05. The number of carboxylic acid groups (broad SMARTS) is 1. The number of ketones is 1. The molecule has 8 heteroatoms. The highest BCUT2D eigenvalue weighted by atomic mass is 32.2. The second-order valence-corrected chi connectivity index (χ2v) is 8.21. The summed E-state index contributed by atoms with van der Waals surface area (Å²) in [6.07, 6.45) is -0.841. The lowest BCUT2D eigenvalue weighted by molar-refractivity contribution is -0.158. The number of fused-ring (bicyclic) bond motifs is 1. The van der Waals surface area contributed by atoms with Gasteiger partial charge in [0.25, 0.3) is 0 Å². The van der Waals surface area contributed by atoms with E-state index in [0.717, 1.165) is 0 Å². The summed E-state index contributed by atoms with van der Waals surface area (Å²) in [7, 11) is 0. The number of carbonyl (C=O) groups is 3. The number of phenolic OH excluding ortho intramolecular Hbond substituents is 1. The first-order valence-electron chi connectivity index (χ1n) is 7.50. The highest BCUT2D eigenvalue weighted by Crippen LogP contribution is 2.50. The fourth-order valence-electron chi connectivity index (χ4n) is 3.17. The lowest BCUT2D eigenvalue weighted by atomic mass is 9.96. The van der Waals surface area contributed by atoms with Crippen molar-refractivity contribution in [2.24, 2.45) is 0 Å². The highest BCUT2D eigenvalue weighted by molar-refractivity contribution is 8.02. The Morgan fingerprint density at radius 3 is 2.50 bits per heavy atom. The number of rotatable bonds is 4. The van der Waals surface area contributed by atoms with Crippen LogP contribution in [0.5, 0.6) is 5.75 Å². The summed E-state index contributed by atoms with van der Waals surface area (Å²) in [5.41, 5.74) is 0.694. The maximum absolute atomic E-state index is 12.2. The molecular formula is C16H18N2O5S. The van der Waals surface area contributed by atoms with Crippen molar-refractivity contribution in [2.45, 2.75) is 42.6 Å². The summed E-state index contributed by atoms with van der Waals surface area (Å²) < 4.78 is -0.609. The van der Waals surface area contributed by atoms with Crippen LogP contribution in [0.2, 0.25) is 0 Å². The predicted octanol–water partition coefficient (Wildman–Crippen LogP) is 0.566. The number of thioether (sulfide) groups is 1. The van der Waals surface area contributed by atoms with Crippen LogP contribution in [-0.4, -0.2) is 55.1 Å².